The van der Waals surface area contributed by atoms with Crippen molar-refractivity contribution in [3.05, 3.63) is 64.1 Å². The van der Waals surface area contributed by atoms with Crippen LogP contribution in [0.3, 0.4) is 0 Å². The summed E-state index contributed by atoms with van der Waals surface area (Å²) in [4.78, 5) is 0.366. The van der Waals surface area contributed by atoms with E-state index < -0.39 is 11.7 Å². The number of nitrogens with one attached hydrogen (secondary N) is 1. The fourth-order valence-corrected chi connectivity index (χ4v) is 2.20. The summed E-state index contributed by atoms with van der Waals surface area (Å²) < 4.78 is 38.2. The summed E-state index contributed by atoms with van der Waals surface area (Å²) in [6.07, 6.45) is -4.34. The molecule has 0 heterocycles. The molecule has 0 atom stereocenters. The topological polar surface area (TPSA) is 12.0 Å². The molecule has 0 aliphatic heterocycles. The fourth-order valence-electron chi connectivity index (χ4n) is 1.57. The number of hydrogen-bond donors (Lipinski definition) is 1. The van der Waals surface area contributed by atoms with Crippen LogP contribution >= 0.6 is 28.1 Å². The van der Waals surface area contributed by atoms with E-state index in [1.807, 2.05) is 24.3 Å². The minimum Gasteiger partial charge on any atom is -0.345 e. The zero-order valence-electron chi connectivity index (χ0n) is 10.0. The van der Waals surface area contributed by atoms with Gasteiger partial charge in [0.1, 0.15) is 4.99 Å². The number of halogens is 4. The Morgan fingerprint density at radius 2 is 1.60 bits per heavy atom. The minimum absolute atomic E-state index is 0.366. The van der Waals surface area contributed by atoms with Gasteiger partial charge in [-0.2, -0.15) is 13.2 Å². The van der Waals surface area contributed by atoms with Gasteiger partial charge in [0.05, 0.1) is 11.3 Å². The van der Waals surface area contributed by atoms with Gasteiger partial charge in [-0.05, 0) is 40.2 Å². The number of alkyl halides is 3. The van der Waals surface area contributed by atoms with E-state index in [9.17, 15) is 13.2 Å². The van der Waals surface area contributed by atoms with Crippen LogP contribution < -0.4 is 5.32 Å². The summed E-state index contributed by atoms with van der Waals surface area (Å²) in [6, 6.07) is 12.1. The van der Waals surface area contributed by atoms with E-state index in [0.717, 1.165) is 22.3 Å². The molecule has 0 aromatic heterocycles. The molecule has 1 nitrogen and oxygen atoms in total. The maximum absolute atomic E-state index is 12.5. The first-order valence-electron chi connectivity index (χ1n) is 5.61. The Kier molecular flexibility index (Phi) is 4.45. The van der Waals surface area contributed by atoms with E-state index in [4.69, 9.17) is 12.2 Å². The first-order valence-corrected chi connectivity index (χ1v) is 6.81. The molecule has 0 saturated heterocycles. The van der Waals surface area contributed by atoms with Crippen molar-refractivity contribution in [2.24, 2.45) is 0 Å². The Balaban J connectivity index is 2.16. The summed E-state index contributed by atoms with van der Waals surface area (Å²) >= 11 is 8.55. The van der Waals surface area contributed by atoms with Crippen molar-refractivity contribution in [1.29, 1.82) is 0 Å². The van der Waals surface area contributed by atoms with E-state index >= 15 is 0 Å². The molecule has 0 aliphatic rings. The third kappa shape index (κ3) is 3.58. The second-order valence-electron chi connectivity index (χ2n) is 4.01. The number of benzene rings is 2. The second-order valence-corrected chi connectivity index (χ2v) is 5.27. The molecule has 0 radical (unpaired) electrons. The van der Waals surface area contributed by atoms with Crippen LogP contribution in [0.15, 0.2) is 53.0 Å². The van der Waals surface area contributed by atoms with E-state index in [0.29, 0.717) is 10.6 Å². The number of rotatable bonds is 2. The summed E-state index contributed by atoms with van der Waals surface area (Å²) in [5.74, 6) is 0. The highest BCUT2D eigenvalue weighted by Gasteiger charge is 2.30. The highest BCUT2D eigenvalue weighted by Crippen LogP contribution is 2.29. The maximum Gasteiger partial charge on any atom is 0.416 e. The molecule has 20 heavy (non-hydrogen) atoms. The third-order valence-corrected chi connectivity index (χ3v) is 3.63. The number of anilines is 1. The Morgan fingerprint density at radius 3 is 2.15 bits per heavy atom. The van der Waals surface area contributed by atoms with Crippen LogP contribution in [0.25, 0.3) is 0 Å². The first kappa shape index (κ1) is 15.0. The van der Waals surface area contributed by atoms with Crippen LogP contribution in [0.4, 0.5) is 18.9 Å². The molecule has 0 amide bonds. The molecule has 2 aromatic carbocycles. The van der Waals surface area contributed by atoms with Crippen LogP contribution in [0.1, 0.15) is 11.1 Å². The second kappa shape index (κ2) is 5.93. The minimum atomic E-state index is -4.34. The van der Waals surface area contributed by atoms with Gasteiger partial charge in [0.25, 0.3) is 0 Å². The Bertz CT molecular complexity index is 623. The molecular weight excluding hydrogens is 351 g/mol. The van der Waals surface area contributed by atoms with Crippen LogP contribution in [0.2, 0.25) is 0 Å². The van der Waals surface area contributed by atoms with Gasteiger partial charge in [0.15, 0.2) is 0 Å². The number of thiocarbonyl (C=S) groups is 1. The van der Waals surface area contributed by atoms with Gasteiger partial charge in [0, 0.05) is 10.0 Å². The zero-order chi connectivity index (χ0) is 14.8. The van der Waals surface area contributed by atoms with Crippen molar-refractivity contribution in [1.82, 2.24) is 0 Å². The molecule has 0 saturated carbocycles. The van der Waals surface area contributed by atoms with E-state index in [-0.39, 0.29) is 0 Å². The van der Waals surface area contributed by atoms with E-state index in [1.54, 1.807) is 0 Å². The van der Waals surface area contributed by atoms with Crippen molar-refractivity contribution in [3.8, 4) is 0 Å². The molecule has 0 fully saturated rings. The lowest BCUT2D eigenvalue weighted by Gasteiger charge is -2.11. The molecule has 0 spiro atoms. The maximum atomic E-state index is 12.5. The standard InChI is InChI=1S/C14H9BrF3NS/c15-11-3-1-2-4-12(11)19-13(20)9-5-7-10(8-6-9)14(16,17)18/h1-8H,(H,19,20). The molecule has 0 aliphatic carbocycles. The lowest BCUT2D eigenvalue weighted by Crippen LogP contribution is -2.12. The number of para-hydroxylation sites is 1. The average molecular weight is 360 g/mol. The van der Waals surface area contributed by atoms with Gasteiger partial charge >= 0.3 is 6.18 Å². The van der Waals surface area contributed by atoms with Gasteiger partial charge in [-0.15, -0.1) is 0 Å². The summed E-state index contributed by atoms with van der Waals surface area (Å²) in [5.41, 5.74) is 0.603. The predicted molar refractivity (Wildman–Crippen MR) is 80.9 cm³/mol. The molecule has 104 valence electrons. The zero-order valence-corrected chi connectivity index (χ0v) is 12.4. The van der Waals surface area contributed by atoms with Crippen molar-refractivity contribution >= 4 is 38.8 Å². The molecule has 1 N–H and O–H groups in total. The lowest BCUT2D eigenvalue weighted by molar-refractivity contribution is -0.137. The third-order valence-electron chi connectivity index (χ3n) is 2.60. The SMILES string of the molecule is FC(F)(F)c1ccc(C(=S)Nc2ccccc2Br)cc1. The van der Waals surface area contributed by atoms with Crippen molar-refractivity contribution in [2.75, 3.05) is 5.32 Å². The predicted octanol–water partition coefficient (Wildman–Crippen LogP) is 5.26. The summed E-state index contributed by atoms with van der Waals surface area (Å²) in [7, 11) is 0. The molecule has 6 heteroatoms. The largest absolute Gasteiger partial charge is 0.416 e. The monoisotopic (exact) mass is 359 g/mol. The van der Waals surface area contributed by atoms with E-state index in [2.05, 4.69) is 21.2 Å². The van der Waals surface area contributed by atoms with Crippen molar-refractivity contribution < 1.29 is 13.2 Å². The molecule has 0 bridgehead atoms. The highest BCUT2D eigenvalue weighted by molar-refractivity contribution is 9.10. The van der Waals surface area contributed by atoms with Crippen LogP contribution in [-0.2, 0) is 6.18 Å². The van der Waals surface area contributed by atoms with Crippen LogP contribution in [0, 0.1) is 0 Å². The Hall–Kier alpha value is -1.40. The lowest BCUT2D eigenvalue weighted by atomic mass is 10.1. The van der Waals surface area contributed by atoms with Gasteiger partial charge in [0.2, 0.25) is 0 Å². The highest BCUT2D eigenvalue weighted by atomic mass is 79.9. The summed E-state index contributed by atoms with van der Waals surface area (Å²) in [6.45, 7) is 0. The first-order chi connectivity index (χ1) is 9.38. The van der Waals surface area contributed by atoms with Gasteiger partial charge in [-0.3, -0.25) is 0 Å². The van der Waals surface area contributed by atoms with Crippen LogP contribution in [0.5, 0.6) is 0 Å². The molecule has 0 unspecified atom stereocenters. The number of hydrogen-bond acceptors (Lipinski definition) is 1. The molecular formula is C14H9BrF3NS. The van der Waals surface area contributed by atoms with Gasteiger partial charge < -0.3 is 5.32 Å². The quantitative estimate of drug-likeness (QED) is 0.734. The van der Waals surface area contributed by atoms with Crippen LogP contribution in [-0.4, -0.2) is 4.99 Å². The Morgan fingerprint density at radius 1 is 1.00 bits per heavy atom. The average Bonchev–Trinajstić information content (AvgIpc) is 2.40. The van der Waals surface area contributed by atoms with Gasteiger partial charge in [-0.25, -0.2) is 0 Å². The molecule has 2 aromatic rings. The molecule has 2 rings (SSSR count). The van der Waals surface area contributed by atoms with Gasteiger partial charge in [-0.1, -0.05) is 36.5 Å². The Labute approximate surface area is 127 Å². The van der Waals surface area contributed by atoms with Crippen molar-refractivity contribution in [3.63, 3.8) is 0 Å². The normalized spacial score (nSPS) is 11.2. The smallest absolute Gasteiger partial charge is 0.345 e. The van der Waals surface area contributed by atoms with Crippen molar-refractivity contribution in [2.45, 2.75) is 6.18 Å². The van der Waals surface area contributed by atoms with E-state index in [1.165, 1.54) is 12.1 Å². The fraction of sp³-hybridized carbons (Fsp3) is 0.0714. The summed E-state index contributed by atoms with van der Waals surface area (Å²) in [5, 5.41) is 2.99.